The summed E-state index contributed by atoms with van der Waals surface area (Å²) in [6, 6.07) is 9.98. The number of nitrogens with zero attached hydrogens (tertiary/aromatic N) is 7. The monoisotopic (exact) mass is 462 g/mol. The van der Waals surface area contributed by atoms with E-state index in [1.54, 1.807) is 48.9 Å². The Labute approximate surface area is 197 Å². The summed E-state index contributed by atoms with van der Waals surface area (Å²) < 4.78 is 14.0. The second kappa shape index (κ2) is 9.98. The molecule has 176 valence electrons. The molecule has 0 aliphatic carbocycles. The molecular weight excluding hydrogens is 435 g/mol. The molecule has 34 heavy (non-hydrogen) atoms. The number of halogens is 1. The third kappa shape index (κ3) is 4.90. The molecular formula is C24H27FN8O. The summed E-state index contributed by atoms with van der Waals surface area (Å²) in [6.07, 6.45) is 6.87. The predicted octanol–water partition coefficient (Wildman–Crippen LogP) is 2.71. The largest absolute Gasteiger partial charge is 0.340 e. The van der Waals surface area contributed by atoms with Crippen molar-refractivity contribution in [3.63, 3.8) is 0 Å². The van der Waals surface area contributed by atoms with Crippen LogP contribution in [0.1, 0.15) is 12.8 Å². The average molecular weight is 463 g/mol. The predicted molar refractivity (Wildman–Crippen MR) is 127 cm³/mol. The molecule has 2 aliphatic rings. The van der Waals surface area contributed by atoms with Crippen LogP contribution < -0.4 is 15.1 Å². The van der Waals surface area contributed by atoms with E-state index in [-0.39, 0.29) is 17.6 Å². The minimum absolute atomic E-state index is 0.0972. The highest BCUT2D eigenvalue weighted by molar-refractivity contribution is 5.80. The van der Waals surface area contributed by atoms with Crippen molar-refractivity contribution in [1.29, 1.82) is 0 Å². The zero-order valence-electron chi connectivity index (χ0n) is 18.8. The second-order valence-corrected chi connectivity index (χ2v) is 8.49. The minimum Gasteiger partial charge on any atom is -0.340 e. The van der Waals surface area contributed by atoms with E-state index in [1.807, 2.05) is 9.80 Å². The van der Waals surface area contributed by atoms with Crippen LogP contribution in [0.5, 0.6) is 0 Å². The molecule has 1 amide bonds. The van der Waals surface area contributed by atoms with E-state index < -0.39 is 0 Å². The van der Waals surface area contributed by atoms with Crippen LogP contribution in [0.3, 0.4) is 0 Å². The Morgan fingerprint density at radius 3 is 2.44 bits per heavy atom. The van der Waals surface area contributed by atoms with E-state index in [9.17, 15) is 9.18 Å². The highest BCUT2D eigenvalue weighted by atomic mass is 19.1. The highest BCUT2D eigenvalue weighted by Crippen LogP contribution is 2.25. The normalized spacial score (nSPS) is 18.6. The van der Waals surface area contributed by atoms with Crippen molar-refractivity contribution in [3.8, 4) is 0 Å². The first-order valence-corrected chi connectivity index (χ1v) is 11.6. The Balaban J connectivity index is 1.20. The van der Waals surface area contributed by atoms with Crippen molar-refractivity contribution in [2.75, 3.05) is 54.4 Å². The van der Waals surface area contributed by atoms with Gasteiger partial charge in [0.2, 0.25) is 17.8 Å². The van der Waals surface area contributed by atoms with Gasteiger partial charge in [-0.25, -0.2) is 19.3 Å². The van der Waals surface area contributed by atoms with Gasteiger partial charge in [-0.3, -0.25) is 4.79 Å². The van der Waals surface area contributed by atoms with Crippen molar-refractivity contribution in [2.24, 2.45) is 5.92 Å². The van der Waals surface area contributed by atoms with E-state index in [0.29, 0.717) is 43.0 Å². The summed E-state index contributed by atoms with van der Waals surface area (Å²) in [6.45, 7) is 4.12. The molecule has 0 bridgehead atoms. The van der Waals surface area contributed by atoms with Gasteiger partial charge in [0.15, 0.2) is 0 Å². The molecule has 1 unspecified atom stereocenters. The molecule has 3 aromatic rings. The lowest BCUT2D eigenvalue weighted by Gasteiger charge is -2.39. The van der Waals surface area contributed by atoms with E-state index >= 15 is 0 Å². The number of anilines is 4. The average Bonchev–Trinajstić information content (AvgIpc) is 2.90. The SMILES string of the molecule is O=C(C1CCCN(c2nccc(Nc3ccccc3F)n2)C1)N1CCN(c2ncccn2)CC1. The molecule has 0 spiro atoms. The summed E-state index contributed by atoms with van der Waals surface area (Å²) in [5, 5.41) is 3.01. The number of rotatable bonds is 5. The first-order chi connectivity index (χ1) is 16.7. The lowest BCUT2D eigenvalue weighted by Crippen LogP contribution is -2.53. The molecule has 4 heterocycles. The summed E-state index contributed by atoms with van der Waals surface area (Å²) in [5.74, 6) is 1.51. The molecule has 2 aliphatic heterocycles. The Bertz CT molecular complexity index is 1120. The van der Waals surface area contributed by atoms with Crippen LogP contribution >= 0.6 is 0 Å². The molecule has 0 radical (unpaired) electrons. The molecule has 1 atom stereocenters. The van der Waals surface area contributed by atoms with E-state index in [0.717, 1.165) is 32.5 Å². The number of para-hydroxylation sites is 1. The first-order valence-electron chi connectivity index (χ1n) is 11.6. The summed E-state index contributed by atoms with van der Waals surface area (Å²) in [5.41, 5.74) is 0.360. The van der Waals surface area contributed by atoms with E-state index in [2.05, 4.69) is 30.2 Å². The fraction of sp³-hybridized carbons (Fsp3) is 0.375. The number of carbonyl (C=O) groups is 1. The maximum Gasteiger partial charge on any atom is 0.227 e. The number of aromatic nitrogens is 4. The zero-order chi connectivity index (χ0) is 23.3. The third-order valence-corrected chi connectivity index (χ3v) is 6.26. The van der Waals surface area contributed by atoms with Crippen molar-refractivity contribution in [1.82, 2.24) is 24.8 Å². The number of benzene rings is 1. The van der Waals surface area contributed by atoms with E-state index in [1.165, 1.54) is 6.07 Å². The summed E-state index contributed by atoms with van der Waals surface area (Å²) in [4.78, 5) is 37.0. The van der Waals surface area contributed by atoms with E-state index in [4.69, 9.17) is 0 Å². The molecule has 9 nitrogen and oxygen atoms in total. The zero-order valence-corrected chi connectivity index (χ0v) is 18.8. The standard InChI is InChI=1S/C24H27FN8O/c25-19-6-1-2-7-20(19)29-21-8-11-28-24(30-21)33-12-3-5-18(17-33)22(34)31-13-15-32(16-14-31)23-26-9-4-10-27-23/h1-2,4,6-11,18H,3,5,12-17H2,(H,28,29,30). The Hall–Kier alpha value is -3.82. The lowest BCUT2D eigenvalue weighted by molar-refractivity contribution is -0.136. The van der Waals surface area contributed by atoms with Gasteiger partial charge in [-0.2, -0.15) is 4.98 Å². The molecule has 5 rings (SSSR count). The highest BCUT2D eigenvalue weighted by Gasteiger charge is 2.32. The van der Waals surface area contributed by atoms with Gasteiger partial charge in [-0.15, -0.1) is 0 Å². The molecule has 2 saturated heterocycles. The van der Waals surface area contributed by atoms with Crippen molar-refractivity contribution in [2.45, 2.75) is 12.8 Å². The van der Waals surface area contributed by atoms with Crippen LogP contribution in [0, 0.1) is 11.7 Å². The third-order valence-electron chi connectivity index (χ3n) is 6.26. The molecule has 1 N–H and O–H groups in total. The number of hydrogen-bond acceptors (Lipinski definition) is 8. The van der Waals surface area contributed by atoms with Crippen LogP contribution in [0.15, 0.2) is 55.0 Å². The number of carbonyl (C=O) groups excluding carboxylic acids is 1. The van der Waals surface area contributed by atoms with Crippen LogP contribution in [-0.2, 0) is 4.79 Å². The van der Waals surface area contributed by atoms with Gasteiger partial charge in [0, 0.05) is 57.9 Å². The van der Waals surface area contributed by atoms with Crippen LogP contribution in [-0.4, -0.2) is 70.0 Å². The van der Waals surface area contributed by atoms with Gasteiger partial charge >= 0.3 is 0 Å². The fourth-order valence-corrected chi connectivity index (χ4v) is 4.47. The van der Waals surface area contributed by atoms with Gasteiger partial charge in [-0.1, -0.05) is 12.1 Å². The van der Waals surface area contributed by atoms with Crippen molar-refractivity contribution >= 4 is 29.3 Å². The minimum atomic E-state index is -0.342. The number of amides is 1. The van der Waals surface area contributed by atoms with Crippen molar-refractivity contribution < 1.29 is 9.18 Å². The Morgan fingerprint density at radius 1 is 0.882 bits per heavy atom. The van der Waals surface area contributed by atoms with Gasteiger partial charge < -0.3 is 20.0 Å². The fourth-order valence-electron chi connectivity index (χ4n) is 4.47. The van der Waals surface area contributed by atoms with Crippen LogP contribution in [0.25, 0.3) is 0 Å². The van der Waals surface area contributed by atoms with Gasteiger partial charge in [-0.05, 0) is 37.1 Å². The summed E-state index contributed by atoms with van der Waals surface area (Å²) in [7, 11) is 0. The van der Waals surface area contributed by atoms with Crippen LogP contribution in [0.2, 0.25) is 0 Å². The smallest absolute Gasteiger partial charge is 0.227 e. The van der Waals surface area contributed by atoms with Gasteiger partial charge in [0.05, 0.1) is 11.6 Å². The number of piperazine rings is 1. The number of nitrogens with one attached hydrogen (secondary N) is 1. The van der Waals surface area contributed by atoms with Gasteiger partial charge in [0.1, 0.15) is 11.6 Å². The summed E-state index contributed by atoms with van der Waals surface area (Å²) >= 11 is 0. The Morgan fingerprint density at radius 2 is 1.65 bits per heavy atom. The number of piperidine rings is 1. The van der Waals surface area contributed by atoms with Gasteiger partial charge in [0.25, 0.3) is 0 Å². The molecule has 2 aromatic heterocycles. The first kappa shape index (κ1) is 22.0. The molecule has 10 heteroatoms. The quantitative estimate of drug-likeness (QED) is 0.619. The second-order valence-electron chi connectivity index (χ2n) is 8.49. The van der Waals surface area contributed by atoms with Crippen molar-refractivity contribution in [3.05, 3.63) is 60.8 Å². The molecule has 2 fully saturated rings. The van der Waals surface area contributed by atoms with Crippen LogP contribution in [0.4, 0.5) is 27.8 Å². The molecule has 0 saturated carbocycles. The Kier molecular flexibility index (Phi) is 6.46. The maximum atomic E-state index is 14.0. The number of hydrogen-bond donors (Lipinski definition) is 1. The maximum absolute atomic E-state index is 14.0. The lowest BCUT2D eigenvalue weighted by atomic mass is 9.96. The molecule has 1 aromatic carbocycles. The topological polar surface area (TPSA) is 90.4 Å².